The lowest BCUT2D eigenvalue weighted by Crippen LogP contribution is -2.20. The number of nitrogens with one attached hydrogen (secondary N) is 1. The van der Waals surface area contributed by atoms with E-state index in [-0.39, 0.29) is 5.75 Å². The molecule has 6 nitrogen and oxygen atoms in total. The van der Waals surface area contributed by atoms with Crippen molar-refractivity contribution in [3.8, 4) is 5.75 Å². The molecule has 2 heterocycles. The number of aromatic nitrogens is 2. The average molecular weight is 372 g/mol. The molecular formula is C19H18F2N4O2. The molecule has 1 aromatic carbocycles. The van der Waals surface area contributed by atoms with Gasteiger partial charge < -0.3 is 4.74 Å². The molecule has 0 saturated carbocycles. The Morgan fingerprint density at radius 1 is 1.26 bits per heavy atom. The van der Waals surface area contributed by atoms with E-state index in [0.717, 1.165) is 0 Å². The number of ether oxygens (including phenoxy) is 1. The maximum Gasteiger partial charge on any atom is 0.387 e. The van der Waals surface area contributed by atoms with Crippen LogP contribution >= 0.6 is 0 Å². The highest BCUT2D eigenvalue weighted by Crippen LogP contribution is 2.25. The first-order valence-electron chi connectivity index (χ1n) is 8.20. The fraction of sp³-hybridized carbons (Fsp3) is 0.211. The third-order valence-electron chi connectivity index (χ3n) is 3.99. The maximum absolute atomic E-state index is 12.5. The summed E-state index contributed by atoms with van der Waals surface area (Å²) in [6, 6.07) is 8.76. The van der Waals surface area contributed by atoms with Crippen molar-refractivity contribution in [2.75, 3.05) is 0 Å². The van der Waals surface area contributed by atoms with Gasteiger partial charge in [0.25, 0.3) is 5.91 Å². The van der Waals surface area contributed by atoms with Crippen molar-refractivity contribution in [1.82, 2.24) is 14.8 Å². The Hall–Kier alpha value is -3.29. The summed E-state index contributed by atoms with van der Waals surface area (Å²) in [5.74, 6) is -0.249. The van der Waals surface area contributed by atoms with E-state index < -0.39 is 12.5 Å². The van der Waals surface area contributed by atoms with Gasteiger partial charge in [-0.2, -0.15) is 13.9 Å². The SMILES string of the molecule is Cc1cc(/C=N\NC(=O)c2c(C)nc3ccccn23)cc(C)c1OC(F)F. The Morgan fingerprint density at radius 2 is 1.96 bits per heavy atom. The Bertz CT molecular complexity index is 1000. The molecule has 0 aliphatic carbocycles. The number of halogens is 2. The normalized spacial score (nSPS) is 11.5. The van der Waals surface area contributed by atoms with E-state index in [0.29, 0.717) is 33.7 Å². The minimum absolute atomic E-state index is 0.146. The van der Waals surface area contributed by atoms with E-state index in [1.807, 2.05) is 18.2 Å². The standard InChI is InChI=1S/C19H18F2N4O2/c1-11-8-14(9-12(2)17(11)27-19(20)21)10-22-24-18(26)16-13(3)23-15-6-4-5-7-25(15)16/h4-10,19H,1-3H3,(H,24,26)/b22-10-. The van der Waals surface area contributed by atoms with Crippen LogP contribution in [0.15, 0.2) is 41.6 Å². The van der Waals surface area contributed by atoms with Gasteiger partial charge in [0.15, 0.2) is 0 Å². The van der Waals surface area contributed by atoms with Crippen LogP contribution in [0, 0.1) is 20.8 Å². The van der Waals surface area contributed by atoms with Crippen LogP contribution in [0.25, 0.3) is 5.65 Å². The smallest absolute Gasteiger partial charge is 0.387 e. The summed E-state index contributed by atoms with van der Waals surface area (Å²) in [6.45, 7) is 2.21. The molecule has 1 amide bonds. The van der Waals surface area contributed by atoms with Crippen LogP contribution in [-0.4, -0.2) is 28.1 Å². The zero-order valence-corrected chi connectivity index (χ0v) is 15.0. The summed E-state index contributed by atoms with van der Waals surface area (Å²) in [5.41, 5.74) is 5.90. The quantitative estimate of drug-likeness (QED) is 0.549. The highest BCUT2D eigenvalue weighted by molar-refractivity contribution is 5.95. The molecule has 3 aromatic rings. The summed E-state index contributed by atoms with van der Waals surface area (Å²) in [6.07, 6.45) is 3.20. The molecule has 1 N–H and O–H groups in total. The van der Waals surface area contributed by atoms with Crippen molar-refractivity contribution in [3.05, 3.63) is 64.6 Å². The Balaban J connectivity index is 1.77. The van der Waals surface area contributed by atoms with Gasteiger partial charge in [0, 0.05) is 6.20 Å². The number of hydrogen-bond acceptors (Lipinski definition) is 4. The minimum atomic E-state index is -2.88. The van der Waals surface area contributed by atoms with Crippen LogP contribution in [0.2, 0.25) is 0 Å². The number of pyridine rings is 1. The second-order valence-corrected chi connectivity index (χ2v) is 6.04. The van der Waals surface area contributed by atoms with E-state index in [4.69, 9.17) is 0 Å². The first kappa shape index (κ1) is 18.5. The molecular weight excluding hydrogens is 354 g/mol. The van der Waals surface area contributed by atoms with Crippen molar-refractivity contribution in [1.29, 1.82) is 0 Å². The molecule has 0 spiro atoms. The second kappa shape index (κ2) is 7.53. The predicted molar refractivity (Wildman–Crippen MR) is 97.5 cm³/mol. The van der Waals surface area contributed by atoms with Gasteiger partial charge in [-0.05, 0) is 61.7 Å². The number of carbonyl (C=O) groups is 1. The third kappa shape index (κ3) is 3.94. The maximum atomic E-state index is 12.5. The van der Waals surface area contributed by atoms with E-state index in [1.165, 1.54) is 6.21 Å². The molecule has 2 aromatic heterocycles. The lowest BCUT2D eigenvalue weighted by Gasteiger charge is -2.11. The zero-order valence-electron chi connectivity index (χ0n) is 15.0. The molecule has 3 rings (SSSR count). The molecule has 0 radical (unpaired) electrons. The molecule has 8 heteroatoms. The molecule has 0 fully saturated rings. The van der Waals surface area contributed by atoms with Gasteiger partial charge in [-0.3, -0.25) is 9.20 Å². The Labute approximate surface area is 154 Å². The lowest BCUT2D eigenvalue weighted by atomic mass is 10.1. The van der Waals surface area contributed by atoms with E-state index >= 15 is 0 Å². The van der Waals surface area contributed by atoms with Crippen molar-refractivity contribution in [2.24, 2.45) is 5.10 Å². The van der Waals surface area contributed by atoms with Crippen molar-refractivity contribution in [2.45, 2.75) is 27.4 Å². The Kier molecular flexibility index (Phi) is 5.16. The number of imidazole rings is 1. The summed E-state index contributed by atoms with van der Waals surface area (Å²) < 4.78 is 31.1. The van der Waals surface area contributed by atoms with E-state index in [2.05, 4.69) is 20.2 Å². The number of hydrazone groups is 1. The second-order valence-electron chi connectivity index (χ2n) is 6.04. The highest BCUT2D eigenvalue weighted by atomic mass is 19.3. The predicted octanol–water partition coefficient (Wildman–Crippen LogP) is 3.62. The van der Waals surface area contributed by atoms with Crippen LogP contribution in [0.5, 0.6) is 5.75 Å². The molecule has 0 aliphatic rings. The largest absolute Gasteiger partial charge is 0.434 e. The third-order valence-corrected chi connectivity index (χ3v) is 3.99. The number of fused-ring (bicyclic) bond motifs is 1. The number of hydrogen-bond donors (Lipinski definition) is 1. The first-order chi connectivity index (χ1) is 12.9. The molecule has 140 valence electrons. The number of benzene rings is 1. The molecule has 0 atom stereocenters. The Morgan fingerprint density at radius 3 is 2.63 bits per heavy atom. The van der Waals surface area contributed by atoms with Gasteiger partial charge in [-0.15, -0.1) is 0 Å². The van der Waals surface area contributed by atoms with Gasteiger partial charge in [0.2, 0.25) is 0 Å². The monoisotopic (exact) mass is 372 g/mol. The zero-order chi connectivity index (χ0) is 19.6. The number of rotatable bonds is 5. The lowest BCUT2D eigenvalue weighted by molar-refractivity contribution is -0.0507. The number of aryl methyl sites for hydroxylation is 3. The van der Waals surface area contributed by atoms with Crippen LogP contribution in [0.1, 0.15) is 32.9 Å². The van der Waals surface area contributed by atoms with Crippen molar-refractivity contribution < 1.29 is 18.3 Å². The highest BCUT2D eigenvalue weighted by Gasteiger charge is 2.15. The number of carbonyl (C=O) groups excluding carboxylic acids is 1. The van der Waals surface area contributed by atoms with Crippen LogP contribution in [-0.2, 0) is 0 Å². The summed E-state index contributed by atoms with van der Waals surface area (Å²) >= 11 is 0. The number of nitrogens with zero attached hydrogens (tertiary/aromatic N) is 3. The molecule has 0 saturated heterocycles. The molecule has 0 bridgehead atoms. The fourth-order valence-corrected chi connectivity index (χ4v) is 2.94. The van der Waals surface area contributed by atoms with Gasteiger partial charge in [-0.1, -0.05) is 6.07 Å². The van der Waals surface area contributed by atoms with Gasteiger partial charge in [-0.25, -0.2) is 10.4 Å². The van der Waals surface area contributed by atoms with Crippen LogP contribution < -0.4 is 10.2 Å². The first-order valence-corrected chi connectivity index (χ1v) is 8.20. The van der Waals surface area contributed by atoms with Crippen LogP contribution in [0.4, 0.5) is 8.78 Å². The number of alkyl halides is 2. The minimum Gasteiger partial charge on any atom is -0.434 e. The summed E-state index contributed by atoms with van der Waals surface area (Å²) in [7, 11) is 0. The van der Waals surface area contributed by atoms with E-state index in [1.54, 1.807) is 43.5 Å². The molecule has 0 unspecified atom stereocenters. The van der Waals surface area contributed by atoms with Gasteiger partial charge >= 0.3 is 6.61 Å². The topological polar surface area (TPSA) is 68.0 Å². The molecule has 27 heavy (non-hydrogen) atoms. The fourth-order valence-electron chi connectivity index (χ4n) is 2.94. The van der Waals surface area contributed by atoms with Gasteiger partial charge in [0.1, 0.15) is 17.1 Å². The van der Waals surface area contributed by atoms with Crippen molar-refractivity contribution in [3.63, 3.8) is 0 Å². The van der Waals surface area contributed by atoms with E-state index in [9.17, 15) is 13.6 Å². The molecule has 0 aliphatic heterocycles. The van der Waals surface area contributed by atoms with Crippen LogP contribution in [0.3, 0.4) is 0 Å². The van der Waals surface area contributed by atoms with Crippen molar-refractivity contribution >= 4 is 17.8 Å². The summed E-state index contributed by atoms with van der Waals surface area (Å²) in [4.78, 5) is 16.8. The van der Waals surface area contributed by atoms with Gasteiger partial charge in [0.05, 0.1) is 11.9 Å². The average Bonchev–Trinajstić information content (AvgIpc) is 2.93. The number of amides is 1. The summed E-state index contributed by atoms with van der Waals surface area (Å²) in [5, 5.41) is 3.96.